The minimum atomic E-state index is -2.44. The zero-order valence-corrected chi connectivity index (χ0v) is 18.7. The monoisotopic (exact) mass is 500 g/mol. The molecule has 190 valence electrons. The molecule has 4 atom stereocenters. The standard InChI is InChI=1S/C25H24O11/c26-16-6-1-14(2-7-16)4-9-21(29)35-19-12-25(34,24(32)33)13-20(23(19)31)36-22(30)10-5-15-3-8-17(27)18(28)11-15/h1-11,19-20,23,26-28,31,34H,12-13H2,(H,32,33)/t19-,20-,23-,25+/m1/s1. The number of hydrogen-bond donors (Lipinski definition) is 6. The molecule has 0 spiro atoms. The number of carbonyl (C=O) groups excluding carboxylic acids is 2. The third-order valence-corrected chi connectivity index (χ3v) is 5.49. The van der Waals surface area contributed by atoms with Crippen molar-refractivity contribution in [1.29, 1.82) is 0 Å². The number of phenols is 3. The average Bonchev–Trinajstić information content (AvgIpc) is 2.82. The molecule has 6 N–H and O–H groups in total. The van der Waals surface area contributed by atoms with Crippen LogP contribution in [-0.2, 0) is 23.9 Å². The van der Waals surface area contributed by atoms with Crippen molar-refractivity contribution in [2.24, 2.45) is 0 Å². The summed E-state index contributed by atoms with van der Waals surface area (Å²) in [6.45, 7) is 0. The zero-order chi connectivity index (χ0) is 26.5. The van der Waals surface area contributed by atoms with Gasteiger partial charge in [-0.2, -0.15) is 0 Å². The molecule has 1 aliphatic carbocycles. The van der Waals surface area contributed by atoms with E-state index in [9.17, 15) is 45.0 Å². The van der Waals surface area contributed by atoms with Crippen LogP contribution in [0.15, 0.2) is 54.6 Å². The van der Waals surface area contributed by atoms with Gasteiger partial charge in [0.15, 0.2) is 17.1 Å². The highest BCUT2D eigenvalue weighted by atomic mass is 16.6. The molecule has 36 heavy (non-hydrogen) atoms. The van der Waals surface area contributed by atoms with Crippen molar-refractivity contribution in [2.45, 2.75) is 36.8 Å². The van der Waals surface area contributed by atoms with Crippen LogP contribution in [0.4, 0.5) is 0 Å². The second-order valence-corrected chi connectivity index (χ2v) is 8.19. The summed E-state index contributed by atoms with van der Waals surface area (Å²) < 4.78 is 10.3. The van der Waals surface area contributed by atoms with E-state index in [2.05, 4.69) is 0 Å². The number of benzene rings is 2. The van der Waals surface area contributed by atoms with E-state index in [0.717, 1.165) is 12.2 Å². The largest absolute Gasteiger partial charge is 0.508 e. The molecule has 3 rings (SSSR count). The lowest BCUT2D eigenvalue weighted by molar-refractivity contribution is -0.203. The fourth-order valence-corrected chi connectivity index (χ4v) is 3.56. The van der Waals surface area contributed by atoms with Crippen LogP contribution in [0.25, 0.3) is 12.2 Å². The summed E-state index contributed by atoms with van der Waals surface area (Å²) >= 11 is 0. The predicted molar refractivity (Wildman–Crippen MR) is 124 cm³/mol. The first-order valence-corrected chi connectivity index (χ1v) is 10.7. The molecule has 0 aliphatic heterocycles. The molecule has 2 aromatic rings. The third kappa shape index (κ3) is 6.62. The smallest absolute Gasteiger partial charge is 0.335 e. The Hall–Kier alpha value is -4.35. The number of esters is 2. The van der Waals surface area contributed by atoms with E-state index in [1.807, 2.05) is 0 Å². The first-order valence-electron chi connectivity index (χ1n) is 10.7. The molecule has 0 aromatic heterocycles. The number of carboxylic acid groups (broad SMARTS) is 1. The predicted octanol–water partition coefficient (Wildman–Crippen LogP) is 1.32. The van der Waals surface area contributed by atoms with E-state index in [1.165, 1.54) is 54.6 Å². The highest BCUT2D eigenvalue weighted by Crippen LogP contribution is 2.33. The second kappa shape index (κ2) is 10.9. The van der Waals surface area contributed by atoms with Gasteiger partial charge >= 0.3 is 17.9 Å². The number of aliphatic hydroxyl groups is 2. The zero-order valence-electron chi connectivity index (χ0n) is 18.7. The topological polar surface area (TPSA) is 191 Å². The second-order valence-electron chi connectivity index (χ2n) is 8.19. The molecule has 0 amide bonds. The van der Waals surface area contributed by atoms with Gasteiger partial charge in [0.05, 0.1) is 0 Å². The van der Waals surface area contributed by atoms with E-state index in [1.54, 1.807) is 0 Å². The first kappa shape index (κ1) is 26.3. The number of rotatable bonds is 7. The maximum atomic E-state index is 12.3. The Labute approximate surface area is 204 Å². The highest BCUT2D eigenvalue weighted by molar-refractivity contribution is 5.88. The molecular formula is C25H24O11. The van der Waals surface area contributed by atoms with Crippen LogP contribution < -0.4 is 0 Å². The van der Waals surface area contributed by atoms with E-state index >= 15 is 0 Å². The Morgan fingerprint density at radius 2 is 1.31 bits per heavy atom. The van der Waals surface area contributed by atoms with Gasteiger partial charge in [-0.05, 0) is 47.5 Å². The summed E-state index contributed by atoms with van der Waals surface area (Å²) in [5.41, 5.74) is -1.56. The Morgan fingerprint density at radius 1 is 0.806 bits per heavy atom. The van der Waals surface area contributed by atoms with Gasteiger partial charge in [0.1, 0.15) is 24.1 Å². The normalized spacial score (nSPS) is 24.0. The van der Waals surface area contributed by atoms with Crippen LogP contribution in [0, 0.1) is 0 Å². The molecule has 11 nitrogen and oxygen atoms in total. The molecule has 2 aromatic carbocycles. The first-order chi connectivity index (χ1) is 17.0. The number of aliphatic hydroxyl groups excluding tert-OH is 1. The molecule has 1 saturated carbocycles. The van der Waals surface area contributed by atoms with E-state index < -0.39 is 60.4 Å². The minimum absolute atomic E-state index is 0.0321. The molecule has 0 unspecified atom stereocenters. The van der Waals surface area contributed by atoms with E-state index in [-0.39, 0.29) is 11.5 Å². The van der Waals surface area contributed by atoms with Crippen molar-refractivity contribution in [3.05, 3.63) is 65.7 Å². The number of hydrogen-bond acceptors (Lipinski definition) is 10. The van der Waals surface area contributed by atoms with Crippen LogP contribution in [0.2, 0.25) is 0 Å². The van der Waals surface area contributed by atoms with Gasteiger partial charge < -0.3 is 40.1 Å². The molecule has 0 bridgehead atoms. The number of phenolic OH excluding ortho intramolecular Hbond substituents is 3. The summed E-state index contributed by atoms with van der Waals surface area (Å²) in [5.74, 6) is -4.33. The molecule has 0 heterocycles. The fraction of sp³-hybridized carbons (Fsp3) is 0.240. The maximum absolute atomic E-state index is 12.3. The van der Waals surface area contributed by atoms with Crippen molar-refractivity contribution in [2.75, 3.05) is 0 Å². The van der Waals surface area contributed by atoms with Gasteiger partial charge in [-0.25, -0.2) is 14.4 Å². The van der Waals surface area contributed by atoms with E-state index in [4.69, 9.17) is 9.47 Å². The van der Waals surface area contributed by atoms with Crippen molar-refractivity contribution in [3.8, 4) is 17.2 Å². The number of carboxylic acids is 1. The lowest BCUT2D eigenvalue weighted by atomic mass is 9.79. The van der Waals surface area contributed by atoms with Crippen molar-refractivity contribution in [3.63, 3.8) is 0 Å². The van der Waals surface area contributed by atoms with Gasteiger partial charge in [-0.15, -0.1) is 0 Å². The van der Waals surface area contributed by atoms with Crippen LogP contribution in [0.5, 0.6) is 17.2 Å². The minimum Gasteiger partial charge on any atom is -0.508 e. The maximum Gasteiger partial charge on any atom is 0.335 e. The molecule has 1 aliphatic rings. The number of carbonyl (C=O) groups is 3. The summed E-state index contributed by atoms with van der Waals surface area (Å²) in [6, 6.07) is 9.65. The van der Waals surface area contributed by atoms with Crippen LogP contribution in [0.3, 0.4) is 0 Å². The molecule has 11 heteroatoms. The quantitative estimate of drug-likeness (QED) is 0.183. The molecule has 0 radical (unpaired) electrons. The highest BCUT2D eigenvalue weighted by Gasteiger charge is 2.52. The van der Waals surface area contributed by atoms with Gasteiger partial charge in [0.2, 0.25) is 0 Å². The SMILES string of the molecule is O=C(C=Cc1ccc(O)cc1)O[C@@H]1C[C@@](O)(C(=O)O)C[C@@H](OC(=O)C=Cc2ccc(O)c(O)c2)[C@@H]1O. The van der Waals surface area contributed by atoms with Gasteiger partial charge in [0, 0.05) is 25.0 Å². The van der Waals surface area contributed by atoms with E-state index in [0.29, 0.717) is 11.1 Å². The molecule has 1 fully saturated rings. The van der Waals surface area contributed by atoms with Crippen molar-refractivity contribution >= 4 is 30.1 Å². The third-order valence-electron chi connectivity index (χ3n) is 5.49. The average molecular weight is 500 g/mol. The summed E-state index contributed by atoms with van der Waals surface area (Å²) in [7, 11) is 0. The lowest BCUT2D eigenvalue weighted by Crippen LogP contribution is -2.58. The number of aliphatic carboxylic acids is 1. The van der Waals surface area contributed by atoms with Gasteiger partial charge in [0.25, 0.3) is 0 Å². The molecular weight excluding hydrogens is 476 g/mol. The summed E-state index contributed by atoms with van der Waals surface area (Å²) in [4.78, 5) is 36.2. The van der Waals surface area contributed by atoms with Crippen LogP contribution >= 0.6 is 0 Å². The Morgan fingerprint density at radius 3 is 1.81 bits per heavy atom. The summed E-state index contributed by atoms with van der Waals surface area (Å²) in [5, 5.41) is 58.7. The van der Waals surface area contributed by atoms with Crippen molar-refractivity contribution < 1.29 is 54.5 Å². The molecule has 0 saturated heterocycles. The number of aromatic hydroxyl groups is 3. The Bertz CT molecular complexity index is 1180. The van der Waals surface area contributed by atoms with Crippen LogP contribution in [0.1, 0.15) is 24.0 Å². The Kier molecular flexibility index (Phi) is 7.97. The van der Waals surface area contributed by atoms with Crippen LogP contribution in [-0.4, -0.2) is 72.5 Å². The lowest BCUT2D eigenvalue weighted by Gasteiger charge is -2.40. The number of ether oxygens (including phenoxy) is 2. The summed E-state index contributed by atoms with van der Waals surface area (Å²) in [6.07, 6.45) is -1.39. The fourth-order valence-electron chi connectivity index (χ4n) is 3.56. The van der Waals surface area contributed by atoms with Gasteiger partial charge in [-0.3, -0.25) is 0 Å². The van der Waals surface area contributed by atoms with Crippen molar-refractivity contribution in [1.82, 2.24) is 0 Å². The van der Waals surface area contributed by atoms with Gasteiger partial charge in [-0.1, -0.05) is 18.2 Å². The Balaban J connectivity index is 1.70.